The number of piperidine rings is 1. The lowest BCUT2D eigenvalue weighted by molar-refractivity contribution is 0.198. The van der Waals surface area contributed by atoms with Gasteiger partial charge in [0.15, 0.2) is 17.5 Å². The minimum absolute atomic E-state index is 0.230. The highest BCUT2D eigenvalue weighted by Gasteiger charge is 2.26. The first kappa shape index (κ1) is 20.8. The van der Waals surface area contributed by atoms with Crippen molar-refractivity contribution in [2.24, 2.45) is 10.9 Å². The van der Waals surface area contributed by atoms with Crippen LogP contribution in [0.2, 0.25) is 0 Å². The number of aliphatic imine (C=N–C) groups is 1. The van der Waals surface area contributed by atoms with Gasteiger partial charge in [0.1, 0.15) is 0 Å². The third kappa shape index (κ3) is 5.53. The molecule has 0 spiro atoms. The van der Waals surface area contributed by atoms with Gasteiger partial charge in [0, 0.05) is 32.7 Å². The van der Waals surface area contributed by atoms with Gasteiger partial charge in [0.25, 0.3) is 0 Å². The topological polar surface area (TPSA) is 60.3 Å². The molecule has 2 aliphatic rings. The highest BCUT2D eigenvalue weighted by molar-refractivity contribution is 5.80. The van der Waals surface area contributed by atoms with Gasteiger partial charge < -0.3 is 25.0 Å². The smallest absolute Gasteiger partial charge is 0.193 e. The van der Waals surface area contributed by atoms with Crippen LogP contribution in [0.4, 0.5) is 0 Å². The number of ether oxygens (including phenoxy) is 1. The Morgan fingerprint density at radius 2 is 2.07 bits per heavy atom. The predicted octanol–water partition coefficient (Wildman–Crippen LogP) is 2.72. The minimum atomic E-state index is 0.230. The van der Waals surface area contributed by atoms with Crippen molar-refractivity contribution < 1.29 is 9.84 Å². The summed E-state index contributed by atoms with van der Waals surface area (Å²) >= 11 is 0. The Balaban J connectivity index is 1.54. The molecule has 6 heteroatoms. The van der Waals surface area contributed by atoms with E-state index in [0.717, 1.165) is 37.1 Å². The molecule has 2 aliphatic heterocycles. The molecule has 2 fully saturated rings. The maximum Gasteiger partial charge on any atom is 0.193 e. The fourth-order valence-corrected chi connectivity index (χ4v) is 4.32. The molecule has 0 saturated carbocycles. The van der Waals surface area contributed by atoms with Crippen LogP contribution in [0.5, 0.6) is 11.5 Å². The number of phenols is 1. The maximum absolute atomic E-state index is 10.3. The molecule has 0 aromatic heterocycles. The molecular weight excluding hydrogens is 352 g/mol. The lowest BCUT2D eigenvalue weighted by Gasteiger charge is -2.29. The van der Waals surface area contributed by atoms with E-state index in [1.54, 1.807) is 13.2 Å². The first-order valence-corrected chi connectivity index (χ1v) is 10.8. The first-order valence-electron chi connectivity index (χ1n) is 10.8. The molecule has 0 bridgehead atoms. The van der Waals surface area contributed by atoms with E-state index in [9.17, 15) is 5.11 Å². The number of likely N-dealkylation sites (tertiary alicyclic amines) is 2. The molecule has 1 unspecified atom stereocenters. The number of hydrogen-bond acceptors (Lipinski definition) is 4. The molecule has 28 heavy (non-hydrogen) atoms. The number of guanidine groups is 1. The molecule has 2 heterocycles. The monoisotopic (exact) mass is 388 g/mol. The Kier molecular flexibility index (Phi) is 7.83. The fourth-order valence-electron chi connectivity index (χ4n) is 4.32. The third-order valence-electron chi connectivity index (χ3n) is 5.83. The maximum atomic E-state index is 10.3. The van der Waals surface area contributed by atoms with Crippen LogP contribution in [0.1, 0.15) is 38.2 Å². The van der Waals surface area contributed by atoms with Gasteiger partial charge in [-0.05, 0) is 63.2 Å². The number of nitrogens with one attached hydrogen (secondary N) is 1. The molecule has 2 N–H and O–H groups in total. The lowest BCUT2D eigenvalue weighted by Crippen LogP contribution is -2.41. The highest BCUT2D eigenvalue weighted by atomic mass is 16.5. The zero-order valence-electron chi connectivity index (χ0n) is 17.5. The summed E-state index contributed by atoms with van der Waals surface area (Å²) in [6, 6.07) is 5.62. The summed E-state index contributed by atoms with van der Waals surface area (Å²) in [6.45, 7) is 9.58. The first-order chi connectivity index (χ1) is 13.7. The van der Waals surface area contributed by atoms with Crippen LogP contribution < -0.4 is 10.1 Å². The van der Waals surface area contributed by atoms with E-state index in [-0.39, 0.29) is 5.75 Å². The zero-order valence-corrected chi connectivity index (χ0v) is 17.5. The SMILES string of the molecule is CCNC(=NCCc1cccc(OC)c1O)N1CCC(CN2CCCCC2)C1. The van der Waals surface area contributed by atoms with Crippen molar-refractivity contribution in [2.75, 3.05) is 52.9 Å². The van der Waals surface area contributed by atoms with Gasteiger partial charge in [-0.1, -0.05) is 18.6 Å². The van der Waals surface area contributed by atoms with Crippen molar-refractivity contribution >= 4 is 5.96 Å². The molecule has 1 aromatic rings. The van der Waals surface area contributed by atoms with Crippen LogP contribution in [0.3, 0.4) is 0 Å². The van der Waals surface area contributed by atoms with E-state index in [2.05, 4.69) is 22.0 Å². The van der Waals surface area contributed by atoms with Crippen molar-refractivity contribution in [2.45, 2.75) is 39.0 Å². The summed E-state index contributed by atoms with van der Waals surface area (Å²) in [5.41, 5.74) is 0.878. The molecular formula is C22H36N4O2. The number of rotatable bonds is 7. The lowest BCUT2D eigenvalue weighted by atomic mass is 10.1. The summed E-state index contributed by atoms with van der Waals surface area (Å²) in [4.78, 5) is 9.89. The summed E-state index contributed by atoms with van der Waals surface area (Å²) in [5, 5.41) is 13.7. The number of hydrogen-bond donors (Lipinski definition) is 2. The van der Waals surface area contributed by atoms with Gasteiger partial charge >= 0.3 is 0 Å². The number of para-hydroxylation sites is 1. The van der Waals surface area contributed by atoms with Gasteiger partial charge in [-0.25, -0.2) is 0 Å². The quantitative estimate of drug-likeness (QED) is 0.556. The summed E-state index contributed by atoms with van der Waals surface area (Å²) in [5.74, 6) is 2.50. The summed E-state index contributed by atoms with van der Waals surface area (Å²) < 4.78 is 5.20. The molecule has 0 aliphatic carbocycles. The second-order valence-corrected chi connectivity index (χ2v) is 7.92. The van der Waals surface area contributed by atoms with Crippen molar-refractivity contribution in [3.05, 3.63) is 23.8 Å². The highest BCUT2D eigenvalue weighted by Crippen LogP contribution is 2.29. The van der Waals surface area contributed by atoms with Crippen molar-refractivity contribution in [1.82, 2.24) is 15.1 Å². The van der Waals surface area contributed by atoms with Crippen molar-refractivity contribution in [1.29, 1.82) is 0 Å². The van der Waals surface area contributed by atoms with Gasteiger partial charge in [-0.3, -0.25) is 4.99 Å². The Bertz CT molecular complexity index is 643. The summed E-state index contributed by atoms with van der Waals surface area (Å²) in [6.07, 6.45) is 6.06. The van der Waals surface area contributed by atoms with Crippen LogP contribution in [0.25, 0.3) is 0 Å². The van der Waals surface area contributed by atoms with E-state index in [0.29, 0.717) is 18.7 Å². The molecule has 3 rings (SSSR count). The number of aromatic hydroxyl groups is 1. The van der Waals surface area contributed by atoms with E-state index in [4.69, 9.17) is 9.73 Å². The Hall–Kier alpha value is -1.95. The van der Waals surface area contributed by atoms with E-state index in [1.807, 2.05) is 12.1 Å². The number of phenolic OH excluding ortho intramolecular Hbond substituents is 1. The standard InChI is InChI=1S/C22H36N4O2/c1-3-23-22(24-12-10-19-8-7-9-20(28-2)21(19)27)26-15-11-18(17-26)16-25-13-5-4-6-14-25/h7-9,18,27H,3-6,10-17H2,1-2H3,(H,23,24). The van der Waals surface area contributed by atoms with E-state index >= 15 is 0 Å². The Labute approximate surface area is 169 Å². The Morgan fingerprint density at radius 3 is 2.82 bits per heavy atom. The fraction of sp³-hybridized carbons (Fsp3) is 0.682. The number of benzene rings is 1. The molecule has 0 amide bonds. The largest absolute Gasteiger partial charge is 0.504 e. The van der Waals surface area contributed by atoms with Crippen molar-refractivity contribution in [3.63, 3.8) is 0 Å². The molecule has 156 valence electrons. The second kappa shape index (κ2) is 10.6. The van der Waals surface area contributed by atoms with E-state index in [1.165, 1.54) is 45.3 Å². The van der Waals surface area contributed by atoms with Gasteiger partial charge in [0.2, 0.25) is 0 Å². The van der Waals surface area contributed by atoms with Crippen LogP contribution in [-0.2, 0) is 6.42 Å². The summed E-state index contributed by atoms with van der Waals surface area (Å²) in [7, 11) is 1.58. The third-order valence-corrected chi connectivity index (χ3v) is 5.83. The predicted molar refractivity (Wildman–Crippen MR) is 114 cm³/mol. The average Bonchev–Trinajstić information content (AvgIpc) is 3.17. The second-order valence-electron chi connectivity index (χ2n) is 7.92. The van der Waals surface area contributed by atoms with Gasteiger partial charge in [-0.2, -0.15) is 0 Å². The average molecular weight is 389 g/mol. The number of methoxy groups -OCH3 is 1. The normalized spacial score (nSPS) is 21.1. The number of nitrogens with zero attached hydrogens (tertiary/aromatic N) is 3. The van der Waals surface area contributed by atoms with Gasteiger partial charge in [0.05, 0.1) is 7.11 Å². The molecule has 2 saturated heterocycles. The van der Waals surface area contributed by atoms with E-state index < -0.39 is 0 Å². The Morgan fingerprint density at radius 1 is 1.25 bits per heavy atom. The van der Waals surface area contributed by atoms with Crippen LogP contribution >= 0.6 is 0 Å². The van der Waals surface area contributed by atoms with Gasteiger partial charge in [-0.15, -0.1) is 0 Å². The van der Waals surface area contributed by atoms with Crippen LogP contribution in [0.15, 0.2) is 23.2 Å². The molecule has 1 aromatic carbocycles. The zero-order chi connectivity index (χ0) is 19.8. The van der Waals surface area contributed by atoms with Crippen molar-refractivity contribution in [3.8, 4) is 11.5 Å². The molecule has 1 atom stereocenters. The van der Waals surface area contributed by atoms with Crippen LogP contribution in [0, 0.1) is 5.92 Å². The molecule has 6 nitrogen and oxygen atoms in total. The van der Waals surface area contributed by atoms with Crippen LogP contribution in [-0.4, -0.2) is 73.8 Å². The minimum Gasteiger partial charge on any atom is -0.504 e. The molecule has 0 radical (unpaired) electrons.